The lowest BCUT2D eigenvalue weighted by molar-refractivity contribution is 0.0600. The van der Waals surface area contributed by atoms with Gasteiger partial charge in [0.1, 0.15) is 0 Å². The Morgan fingerprint density at radius 2 is 1.19 bits per heavy atom. The van der Waals surface area contributed by atoms with E-state index in [1.54, 1.807) is 12.1 Å². The topological polar surface area (TPSA) is 87.7 Å². The number of benzene rings is 2. The molecule has 0 saturated heterocycles. The molecule has 0 aromatic heterocycles. The third-order valence-corrected chi connectivity index (χ3v) is 4.12. The molecule has 2 amide bonds. The van der Waals surface area contributed by atoms with Gasteiger partial charge in [0.2, 0.25) is 0 Å². The Balaban J connectivity index is 1.94. The summed E-state index contributed by atoms with van der Waals surface area (Å²) in [5.74, 6) is -1.39. The Hall–Kier alpha value is -3.35. The van der Waals surface area contributed by atoms with E-state index in [2.05, 4.69) is 34.3 Å². The van der Waals surface area contributed by atoms with Gasteiger partial charge in [-0.25, -0.2) is 4.79 Å². The van der Waals surface area contributed by atoms with Crippen molar-refractivity contribution >= 4 is 23.5 Å². The second-order valence-corrected chi connectivity index (χ2v) is 5.70. The van der Waals surface area contributed by atoms with Crippen LogP contribution >= 0.6 is 0 Å². The zero-order valence-electron chi connectivity index (χ0n) is 15.6. The third-order valence-electron chi connectivity index (χ3n) is 4.12. The number of anilines is 1. The molecule has 0 radical (unpaired) electrons. The molecular weight excluding hydrogens is 346 g/mol. The molecule has 0 aliphatic heterocycles. The van der Waals surface area contributed by atoms with Gasteiger partial charge in [-0.05, 0) is 62.4 Å². The Morgan fingerprint density at radius 3 is 1.59 bits per heavy atom. The lowest BCUT2D eigenvalue weighted by Gasteiger charge is -2.21. The smallest absolute Gasteiger partial charge is 0.337 e. The van der Waals surface area contributed by atoms with E-state index in [1.807, 2.05) is 12.1 Å². The maximum Gasteiger partial charge on any atom is 0.337 e. The number of carbonyl (C=O) groups is 3. The number of nitrogens with one attached hydrogen (secondary N) is 2. The van der Waals surface area contributed by atoms with E-state index in [-0.39, 0.29) is 0 Å². The minimum atomic E-state index is -0.487. The van der Waals surface area contributed by atoms with E-state index >= 15 is 0 Å². The van der Waals surface area contributed by atoms with Crippen LogP contribution < -0.4 is 15.8 Å². The zero-order chi connectivity index (χ0) is 19.8. The average molecular weight is 369 g/mol. The van der Waals surface area contributed by atoms with Crippen LogP contribution in [0, 0.1) is 0 Å². The van der Waals surface area contributed by atoms with Crippen LogP contribution in [-0.4, -0.2) is 38.0 Å². The molecule has 7 nitrogen and oxygen atoms in total. The summed E-state index contributed by atoms with van der Waals surface area (Å²) >= 11 is 0. The van der Waals surface area contributed by atoms with Gasteiger partial charge in [-0.15, -0.1) is 0 Å². The Labute approximate surface area is 158 Å². The lowest BCUT2D eigenvalue weighted by atomic mass is 10.1. The highest BCUT2D eigenvalue weighted by Crippen LogP contribution is 2.14. The van der Waals surface area contributed by atoms with E-state index in [0.29, 0.717) is 16.7 Å². The normalized spacial score (nSPS) is 10.0. The van der Waals surface area contributed by atoms with Crippen LogP contribution in [0.5, 0.6) is 0 Å². The van der Waals surface area contributed by atoms with E-state index in [9.17, 15) is 14.4 Å². The predicted molar refractivity (Wildman–Crippen MR) is 103 cm³/mol. The summed E-state index contributed by atoms with van der Waals surface area (Å²) in [5, 5.41) is 0. The van der Waals surface area contributed by atoms with E-state index in [4.69, 9.17) is 0 Å². The number of hydrazine groups is 1. The molecular formula is C20H23N3O4. The molecule has 0 fully saturated rings. The van der Waals surface area contributed by atoms with Crippen LogP contribution in [0.15, 0.2) is 48.5 Å². The number of ether oxygens (including phenoxy) is 1. The van der Waals surface area contributed by atoms with Gasteiger partial charge in [-0.1, -0.05) is 0 Å². The molecule has 7 heteroatoms. The highest BCUT2D eigenvalue weighted by atomic mass is 16.5. The fourth-order valence-electron chi connectivity index (χ4n) is 2.55. The summed E-state index contributed by atoms with van der Waals surface area (Å²) in [6.07, 6.45) is 0. The number of esters is 1. The van der Waals surface area contributed by atoms with Crippen LogP contribution in [0.25, 0.3) is 0 Å². The van der Waals surface area contributed by atoms with Crippen molar-refractivity contribution in [1.82, 2.24) is 10.9 Å². The van der Waals surface area contributed by atoms with Gasteiger partial charge in [0.25, 0.3) is 11.8 Å². The van der Waals surface area contributed by atoms with Crippen LogP contribution in [0.4, 0.5) is 5.69 Å². The van der Waals surface area contributed by atoms with Gasteiger partial charge in [0.05, 0.1) is 12.7 Å². The zero-order valence-corrected chi connectivity index (χ0v) is 15.6. The largest absolute Gasteiger partial charge is 0.465 e. The molecule has 0 heterocycles. The van der Waals surface area contributed by atoms with E-state index in [0.717, 1.165) is 18.8 Å². The third kappa shape index (κ3) is 5.07. The number of methoxy groups -OCH3 is 1. The molecule has 2 rings (SSSR count). The standard InChI is InChI=1S/C20H23N3O4/c1-4-23(5-2)17-12-10-15(11-13-17)19(25)22-21-18(24)14-6-8-16(9-7-14)20(26)27-3/h6-13H,4-5H2,1-3H3,(H,21,24)(H,22,25). The SMILES string of the molecule is CCN(CC)c1ccc(C(=O)NNC(=O)c2ccc(C(=O)OC)cc2)cc1. The highest BCUT2D eigenvalue weighted by Gasteiger charge is 2.11. The van der Waals surface area contributed by atoms with Crippen molar-refractivity contribution in [2.75, 3.05) is 25.1 Å². The maximum absolute atomic E-state index is 12.2. The van der Waals surface area contributed by atoms with E-state index < -0.39 is 17.8 Å². The summed E-state index contributed by atoms with van der Waals surface area (Å²) in [6.45, 7) is 5.90. The molecule has 2 aromatic carbocycles. The van der Waals surface area contributed by atoms with Crippen molar-refractivity contribution in [2.45, 2.75) is 13.8 Å². The van der Waals surface area contributed by atoms with Crippen molar-refractivity contribution in [3.8, 4) is 0 Å². The summed E-state index contributed by atoms with van der Waals surface area (Å²) in [7, 11) is 1.28. The minimum Gasteiger partial charge on any atom is -0.465 e. The molecule has 0 spiro atoms. The Kier molecular flexibility index (Phi) is 6.93. The van der Waals surface area contributed by atoms with Crippen molar-refractivity contribution in [1.29, 1.82) is 0 Å². The molecule has 27 heavy (non-hydrogen) atoms. The van der Waals surface area contributed by atoms with Gasteiger partial charge in [-0.2, -0.15) is 0 Å². The van der Waals surface area contributed by atoms with Gasteiger partial charge < -0.3 is 9.64 Å². The molecule has 2 N–H and O–H groups in total. The highest BCUT2D eigenvalue weighted by molar-refractivity contribution is 5.99. The van der Waals surface area contributed by atoms with Crippen LogP contribution in [0.2, 0.25) is 0 Å². The molecule has 0 aliphatic carbocycles. The molecule has 0 aliphatic rings. The van der Waals surface area contributed by atoms with Crippen LogP contribution in [-0.2, 0) is 4.74 Å². The fraction of sp³-hybridized carbons (Fsp3) is 0.250. The number of nitrogens with zero attached hydrogens (tertiary/aromatic N) is 1. The number of amides is 2. The quantitative estimate of drug-likeness (QED) is 0.603. The average Bonchev–Trinajstić information content (AvgIpc) is 2.72. The number of hydrogen-bond donors (Lipinski definition) is 2. The van der Waals surface area contributed by atoms with Crippen LogP contribution in [0.1, 0.15) is 44.9 Å². The number of hydrogen-bond acceptors (Lipinski definition) is 5. The van der Waals surface area contributed by atoms with Gasteiger partial charge in [0, 0.05) is 29.9 Å². The van der Waals surface area contributed by atoms with Gasteiger partial charge in [0.15, 0.2) is 0 Å². The van der Waals surface area contributed by atoms with Crippen molar-refractivity contribution in [3.05, 3.63) is 65.2 Å². The first-order valence-electron chi connectivity index (χ1n) is 8.64. The molecule has 0 saturated carbocycles. The summed E-state index contributed by atoms with van der Waals surface area (Å²) in [6, 6.07) is 13.1. The van der Waals surface area contributed by atoms with E-state index in [1.165, 1.54) is 31.4 Å². The molecule has 0 atom stereocenters. The monoisotopic (exact) mass is 369 g/mol. The lowest BCUT2D eigenvalue weighted by Crippen LogP contribution is -2.41. The summed E-state index contributed by atoms with van der Waals surface area (Å²) < 4.78 is 4.60. The first kappa shape index (κ1) is 20.0. The number of carbonyl (C=O) groups excluding carboxylic acids is 3. The van der Waals surface area contributed by atoms with Gasteiger partial charge in [-0.3, -0.25) is 20.4 Å². The molecule has 142 valence electrons. The van der Waals surface area contributed by atoms with Gasteiger partial charge >= 0.3 is 5.97 Å². The number of rotatable bonds is 6. The predicted octanol–water partition coefficient (Wildman–Crippen LogP) is 2.39. The second kappa shape index (κ2) is 9.38. The first-order chi connectivity index (χ1) is 13.0. The molecule has 0 bridgehead atoms. The van der Waals surface area contributed by atoms with Crippen molar-refractivity contribution in [2.24, 2.45) is 0 Å². The molecule has 2 aromatic rings. The fourth-order valence-corrected chi connectivity index (χ4v) is 2.55. The Bertz CT molecular complexity index is 797. The first-order valence-corrected chi connectivity index (χ1v) is 8.64. The summed E-state index contributed by atoms with van der Waals surface area (Å²) in [4.78, 5) is 37.8. The van der Waals surface area contributed by atoms with Crippen molar-refractivity contribution < 1.29 is 19.1 Å². The Morgan fingerprint density at radius 1 is 0.778 bits per heavy atom. The second-order valence-electron chi connectivity index (χ2n) is 5.70. The maximum atomic E-state index is 12.2. The van der Waals surface area contributed by atoms with Crippen LogP contribution in [0.3, 0.4) is 0 Å². The van der Waals surface area contributed by atoms with Crippen molar-refractivity contribution in [3.63, 3.8) is 0 Å². The summed E-state index contributed by atoms with van der Waals surface area (Å²) in [5.41, 5.74) is 6.85. The molecule has 0 unspecified atom stereocenters. The minimum absolute atomic E-state index is 0.305.